The number of alkyl halides is 6. The van der Waals surface area contributed by atoms with E-state index in [0.29, 0.717) is 29.0 Å². The molecule has 39 heavy (non-hydrogen) atoms. The van der Waals surface area contributed by atoms with Gasteiger partial charge in [-0.15, -0.1) is 0 Å². The Hall–Kier alpha value is -3.89. The van der Waals surface area contributed by atoms with Crippen molar-refractivity contribution in [1.82, 2.24) is 4.98 Å². The first kappa shape index (κ1) is 29.7. The predicted molar refractivity (Wildman–Crippen MR) is 133 cm³/mol. The number of aryl methyl sites for hydroxylation is 1. The number of nitrogens with zero attached hydrogens (tertiary/aromatic N) is 2. The normalized spacial score (nSPS) is 12.3. The zero-order valence-corrected chi connectivity index (χ0v) is 21.8. The summed E-state index contributed by atoms with van der Waals surface area (Å²) in [6.07, 6.45) is -8.93. The number of hydrogen-bond donors (Lipinski definition) is 0. The molecule has 1 heterocycles. The van der Waals surface area contributed by atoms with Crippen LogP contribution in [-0.2, 0) is 38.5 Å². The maximum Gasteiger partial charge on any atom is 0.416 e. The van der Waals surface area contributed by atoms with Crippen LogP contribution < -0.4 is 4.90 Å². The fourth-order valence-corrected chi connectivity index (χ4v) is 4.13. The lowest BCUT2D eigenvalue weighted by Gasteiger charge is -2.32. The predicted octanol–water partition coefficient (Wildman–Crippen LogP) is 6.75. The lowest BCUT2D eigenvalue weighted by molar-refractivity contribution is -0.143. The van der Waals surface area contributed by atoms with E-state index in [4.69, 9.17) is 4.74 Å². The molecule has 0 saturated heterocycles. The van der Waals surface area contributed by atoms with Crippen LogP contribution >= 0.6 is 0 Å². The van der Waals surface area contributed by atoms with Gasteiger partial charge in [-0.3, -0.25) is 14.6 Å². The second-order valence-corrected chi connectivity index (χ2v) is 9.54. The molecule has 0 bridgehead atoms. The molecule has 5 nitrogen and oxygen atoms in total. The number of aromatic nitrogens is 1. The first-order chi connectivity index (χ1) is 18.0. The van der Waals surface area contributed by atoms with Crippen molar-refractivity contribution in [2.24, 2.45) is 0 Å². The fourth-order valence-electron chi connectivity index (χ4n) is 4.13. The molecule has 0 aliphatic carbocycles. The minimum atomic E-state index is -5.06. The van der Waals surface area contributed by atoms with E-state index in [1.807, 2.05) is 13.0 Å². The van der Waals surface area contributed by atoms with Crippen molar-refractivity contribution in [3.05, 3.63) is 82.7 Å². The lowest BCUT2D eigenvalue weighted by Crippen LogP contribution is -2.42. The van der Waals surface area contributed by atoms with Crippen LogP contribution in [0.2, 0.25) is 0 Å². The number of carbonyl (C=O) groups excluding carboxylic acids is 2. The number of ether oxygens (including phenoxy) is 1. The zero-order chi connectivity index (χ0) is 29.3. The number of methoxy groups -OCH3 is 1. The van der Waals surface area contributed by atoms with E-state index in [2.05, 4.69) is 4.98 Å². The summed E-state index contributed by atoms with van der Waals surface area (Å²) in [6, 6.07) is 9.90. The largest absolute Gasteiger partial charge is 0.469 e. The average Bonchev–Trinajstić information content (AvgIpc) is 2.86. The number of halogens is 6. The summed E-state index contributed by atoms with van der Waals surface area (Å²) in [5, 5.41) is 0. The van der Waals surface area contributed by atoms with Crippen molar-refractivity contribution in [2.45, 2.75) is 45.0 Å². The van der Waals surface area contributed by atoms with Gasteiger partial charge in [0, 0.05) is 12.6 Å². The minimum Gasteiger partial charge on any atom is -0.469 e. The summed E-state index contributed by atoms with van der Waals surface area (Å²) < 4.78 is 85.6. The molecule has 0 fully saturated rings. The maximum absolute atomic E-state index is 13.7. The molecule has 0 spiro atoms. The molecule has 208 valence electrons. The summed E-state index contributed by atoms with van der Waals surface area (Å²) in [5.41, 5.74) is -2.67. The molecule has 0 saturated carbocycles. The van der Waals surface area contributed by atoms with Crippen molar-refractivity contribution in [3.63, 3.8) is 0 Å². The van der Waals surface area contributed by atoms with Crippen LogP contribution in [0.3, 0.4) is 0 Å². The molecule has 0 atom stereocenters. The number of benzene rings is 2. The summed E-state index contributed by atoms with van der Waals surface area (Å²) in [4.78, 5) is 30.9. The highest BCUT2D eigenvalue weighted by Crippen LogP contribution is 2.40. The van der Waals surface area contributed by atoms with Gasteiger partial charge < -0.3 is 9.64 Å². The van der Waals surface area contributed by atoms with E-state index in [1.54, 1.807) is 24.3 Å². The molecule has 3 rings (SSSR count). The summed E-state index contributed by atoms with van der Waals surface area (Å²) in [6.45, 7) is 4.34. The Morgan fingerprint density at radius 3 is 1.92 bits per heavy atom. The molecular formula is C28H26F6N2O3. The topological polar surface area (TPSA) is 59.5 Å². The van der Waals surface area contributed by atoms with Crippen LogP contribution in [0.4, 0.5) is 32.0 Å². The van der Waals surface area contributed by atoms with Crippen molar-refractivity contribution < 1.29 is 40.7 Å². The van der Waals surface area contributed by atoms with E-state index >= 15 is 0 Å². The quantitative estimate of drug-likeness (QED) is 0.251. The number of likely N-dealkylation sites (N-methyl/N-ethyl adjacent to an activating group) is 1. The van der Waals surface area contributed by atoms with Gasteiger partial charge in [0.15, 0.2) is 0 Å². The number of esters is 1. The Labute approximate surface area is 221 Å². The number of pyridine rings is 1. The highest BCUT2D eigenvalue weighted by atomic mass is 19.4. The molecule has 1 aromatic heterocycles. The summed E-state index contributed by atoms with van der Waals surface area (Å²) in [7, 11) is 2.59. The summed E-state index contributed by atoms with van der Waals surface area (Å²) in [5.74, 6) is -1.31. The Bertz CT molecular complexity index is 1360. The standard InChI is InChI=1S/C28H26F6N2O3/c1-16-8-6-7-9-21(16)22-13-20(14-24(37)39-5)35-15-23(22)36(4)25(38)26(2,3)17-10-18(27(29,30)31)12-19(11-17)28(32,33)34/h6-13,15H,14H2,1-5H3. The van der Waals surface area contributed by atoms with E-state index in [1.165, 1.54) is 34.2 Å². The van der Waals surface area contributed by atoms with Gasteiger partial charge in [0.25, 0.3) is 0 Å². The molecular weight excluding hydrogens is 526 g/mol. The van der Waals surface area contributed by atoms with Crippen molar-refractivity contribution in [1.29, 1.82) is 0 Å². The van der Waals surface area contributed by atoms with E-state index in [9.17, 15) is 35.9 Å². The second kappa shape index (κ2) is 10.7. The third kappa shape index (κ3) is 6.40. The van der Waals surface area contributed by atoms with Gasteiger partial charge in [0.05, 0.1) is 47.7 Å². The van der Waals surface area contributed by atoms with Crippen LogP contribution in [0, 0.1) is 6.92 Å². The Morgan fingerprint density at radius 1 is 0.872 bits per heavy atom. The molecule has 11 heteroatoms. The molecule has 0 aliphatic heterocycles. The fraction of sp³-hybridized carbons (Fsp3) is 0.321. The number of carbonyl (C=O) groups is 2. The number of rotatable bonds is 6. The third-order valence-corrected chi connectivity index (χ3v) is 6.44. The van der Waals surface area contributed by atoms with Gasteiger partial charge in [0.1, 0.15) is 0 Å². The summed E-state index contributed by atoms with van der Waals surface area (Å²) >= 11 is 0. The van der Waals surface area contributed by atoms with E-state index in [0.717, 1.165) is 10.5 Å². The van der Waals surface area contributed by atoms with Gasteiger partial charge in [-0.1, -0.05) is 24.3 Å². The Kier molecular flexibility index (Phi) is 8.14. The van der Waals surface area contributed by atoms with Crippen molar-refractivity contribution >= 4 is 17.6 Å². The third-order valence-electron chi connectivity index (χ3n) is 6.44. The zero-order valence-electron chi connectivity index (χ0n) is 21.8. The number of anilines is 1. The minimum absolute atomic E-state index is 0.0218. The van der Waals surface area contributed by atoms with Crippen LogP contribution in [0.5, 0.6) is 0 Å². The molecule has 0 aliphatic rings. The van der Waals surface area contributed by atoms with Gasteiger partial charge >= 0.3 is 18.3 Å². The van der Waals surface area contributed by atoms with Gasteiger partial charge in [-0.25, -0.2) is 0 Å². The molecule has 0 radical (unpaired) electrons. The Morgan fingerprint density at radius 2 is 1.41 bits per heavy atom. The highest BCUT2D eigenvalue weighted by Gasteiger charge is 2.41. The number of amides is 1. The second-order valence-electron chi connectivity index (χ2n) is 9.54. The maximum atomic E-state index is 13.7. The van der Waals surface area contributed by atoms with Crippen molar-refractivity contribution in [3.8, 4) is 11.1 Å². The van der Waals surface area contributed by atoms with Gasteiger partial charge in [0.2, 0.25) is 5.91 Å². The number of hydrogen-bond acceptors (Lipinski definition) is 4. The highest BCUT2D eigenvalue weighted by molar-refractivity contribution is 6.03. The van der Waals surface area contributed by atoms with Gasteiger partial charge in [-0.2, -0.15) is 26.3 Å². The molecule has 1 amide bonds. The smallest absolute Gasteiger partial charge is 0.416 e. The van der Waals surface area contributed by atoms with E-state index in [-0.39, 0.29) is 18.2 Å². The molecule has 0 N–H and O–H groups in total. The lowest BCUT2D eigenvalue weighted by atomic mass is 9.81. The first-order valence-electron chi connectivity index (χ1n) is 11.7. The van der Waals surface area contributed by atoms with Crippen molar-refractivity contribution in [2.75, 3.05) is 19.1 Å². The van der Waals surface area contributed by atoms with Crippen LogP contribution in [-0.4, -0.2) is 31.0 Å². The average molecular weight is 553 g/mol. The van der Waals surface area contributed by atoms with Crippen LogP contribution in [0.1, 0.15) is 41.8 Å². The molecule has 2 aromatic carbocycles. The SMILES string of the molecule is COC(=O)Cc1cc(-c2ccccc2C)c(N(C)C(=O)C(C)(C)c2cc(C(F)(F)F)cc(C(F)(F)F)c2)cn1. The van der Waals surface area contributed by atoms with Crippen LogP contribution in [0.15, 0.2) is 54.7 Å². The molecule has 3 aromatic rings. The monoisotopic (exact) mass is 552 g/mol. The van der Waals surface area contributed by atoms with Crippen LogP contribution in [0.25, 0.3) is 11.1 Å². The molecule has 0 unspecified atom stereocenters. The Balaban J connectivity index is 2.15. The first-order valence-corrected chi connectivity index (χ1v) is 11.7. The van der Waals surface area contributed by atoms with Gasteiger partial charge in [-0.05, 0) is 61.7 Å². The van der Waals surface area contributed by atoms with E-state index < -0.39 is 46.3 Å².